The van der Waals surface area contributed by atoms with Crippen molar-refractivity contribution in [3.05, 3.63) is 33.8 Å². The number of aliphatic hydroxyl groups is 1. The van der Waals surface area contributed by atoms with E-state index in [4.69, 9.17) is 23.2 Å². The summed E-state index contributed by atoms with van der Waals surface area (Å²) < 4.78 is 0. The fourth-order valence-corrected chi connectivity index (χ4v) is 1.36. The molecule has 0 unspecified atom stereocenters. The van der Waals surface area contributed by atoms with Gasteiger partial charge in [-0.3, -0.25) is 4.79 Å². The maximum atomic E-state index is 11.3. The molecule has 0 saturated heterocycles. The van der Waals surface area contributed by atoms with Crippen LogP contribution in [0.5, 0.6) is 0 Å². The fraction of sp³-hybridized carbons (Fsp3) is 0.273. The van der Waals surface area contributed by atoms with Crippen LogP contribution in [0, 0.1) is 0 Å². The third-order valence-electron chi connectivity index (χ3n) is 1.89. The molecule has 0 aromatic heterocycles. The molecule has 0 spiro atoms. The van der Waals surface area contributed by atoms with Gasteiger partial charge in [0.25, 0.3) is 5.91 Å². The van der Waals surface area contributed by atoms with Crippen LogP contribution >= 0.6 is 23.2 Å². The summed E-state index contributed by atoms with van der Waals surface area (Å²) in [7, 11) is 0. The van der Waals surface area contributed by atoms with Gasteiger partial charge in [-0.05, 0) is 26.0 Å². The molecule has 0 heterocycles. The number of nitrogens with one attached hydrogen (secondary N) is 1. The lowest BCUT2D eigenvalue weighted by Crippen LogP contribution is -2.39. The Morgan fingerprint density at radius 2 is 2.12 bits per heavy atom. The summed E-state index contributed by atoms with van der Waals surface area (Å²) in [6.07, 6.45) is 1.38. The zero-order valence-electron chi connectivity index (χ0n) is 9.37. The summed E-state index contributed by atoms with van der Waals surface area (Å²) in [4.78, 5) is 11.3. The SMILES string of the molecule is CC(C)(O)C(=O)N/N=C\c1ccc(Cl)cc1Cl. The molecule has 0 aliphatic rings. The lowest BCUT2D eigenvalue weighted by molar-refractivity contribution is -0.136. The van der Waals surface area contributed by atoms with Gasteiger partial charge < -0.3 is 5.11 Å². The van der Waals surface area contributed by atoms with Gasteiger partial charge in [0.15, 0.2) is 0 Å². The van der Waals surface area contributed by atoms with Crippen molar-refractivity contribution in [2.45, 2.75) is 19.4 Å². The van der Waals surface area contributed by atoms with Crippen molar-refractivity contribution in [3.63, 3.8) is 0 Å². The first-order valence-corrected chi connectivity index (χ1v) is 5.57. The molecule has 1 rings (SSSR count). The molecular formula is C11H12Cl2N2O2. The molecule has 1 amide bonds. The van der Waals surface area contributed by atoms with Crippen LogP contribution in [0.25, 0.3) is 0 Å². The summed E-state index contributed by atoms with van der Waals surface area (Å²) in [5.41, 5.74) is 1.35. The predicted octanol–water partition coefficient (Wildman–Crippen LogP) is 2.21. The van der Waals surface area contributed by atoms with E-state index in [0.29, 0.717) is 15.6 Å². The number of hydrogen-bond acceptors (Lipinski definition) is 3. The average Bonchev–Trinajstić information content (AvgIpc) is 2.19. The predicted molar refractivity (Wildman–Crippen MR) is 68.5 cm³/mol. The molecule has 1 aromatic rings. The van der Waals surface area contributed by atoms with Crippen molar-refractivity contribution in [1.29, 1.82) is 0 Å². The molecule has 0 saturated carbocycles. The normalized spacial score (nSPS) is 11.8. The lowest BCUT2D eigenvalue weighted by Gasteiger charge is -2.13. The van der Waals surface area contributed by atoms with Crippen molar-refractivity contribution >= 4 is 35.3 Å². The van der Waals surface area contributed by atoms with Crippen LogP contribution in [0.1, 0.15) is 19.4 Å². The zero-order chi connectivity index (χ0) is 13.1. The summed E-state index contributed by atoms with van der Waals surface area (Å²) >= 11 is 11.6. The van der Waals surface area contributed by atoms with E-state index in [1.165, 1.54) is 20.1 Å². The highest BCUT2D eigenvalue weighted by Crippen LogP contribution is 2.19. The first-order valence-electron chi connectivity index (χ1n) is 4.81. The number of amides is 1. The highest BCUT2D eigenvalue weighted by Gasteiger charge is 2.22. The van der Waals surface area contributed by atoms with Crippen LogP contribution in [0.3, 0.4) is 0 Å². The van der Waals surface area contributed by atoms with Crippen molar-refractivity contribution in [2.75, 3.05) is 0 Å². The number of rotatable bonds is 3. The smallest absolute Gasteiger partial charge is 0.271 e. The second kappa shape index (κ2) is 5.49. The van der Waals surface area contributed by atoms with Crippen molar-refractivity contribution in [1.82, 2.24) is 5.43 Å². The Bertz CT molecular complexity index is 453. The molecule has 0 aliphatic heterocycles. The Kier molecular flexibility index (Phi) is 4.51. The van der Waals surface area contributed by atoms with E-state index in [1.807, 2.05) is 0 Å². The Balaban J connectivity index is 2.69. The molecule has 0 fully saturated rings. The standard InChI is InChI=1S/C11H12Cl2N2O2/c1-11(2,17)10(16)15-14-6-7-3-4-8(12)5-9(7)13/h3-6,17H,1-2H3,(H,15,16)/b14-6-. The lowest BCUT2D eigenvalue weighted by atomic mass is 10.1. The molecule has 0 atom stereocenters. The van der Waals surface area contributed by atoms with Crippen LogP contribution in [0.4, 0.5) is 0 Å². The van der Waals surface area contributed by atoms with E-state index >= 15 is 0 Å². The number of hydrogen-bond donors (Lipinski definition) is 2. The number of halogens is 2. The molecule has 2 N–H and O–H groups in total. The minimum Gasteiger partial charge on any atom is -0.381 e. The summed E-state index contributed by atoms with van der Waals surface area (Å²) in [6, 6.07) is 4.90. The summed E-state index contributed by atoms with van der Waals surface area (Å²) in [5.74, 6) is -0.598. The van der Waals surface area contributed by atoms with E-state index < -0.39 is 11.5 Å². The third kappa shape index (κ3) is 4.34. The first-order chi connectivity index (χ1) is 7.80. The highest BCUT2D eigenvalue weighted by atomic mass is 35.5. The maximum Gasteiger partial charge on any atom is 0.271 e. The summed E-state index contributed by atoms with van der Waals surface area (Å²) in [5, 5.41) is 14.0. The Hall–Kier alpha value is -1.10. The van der Waals surface area contributed by atoms with Gasteiger partial charge in [-0.15, -0.1) is 0 Å². The van der Waals surface area contributed by atoms with Crippen LogP contribution in [0.15, 0.2) is 23.3 Å². The van der Waals surface area contributed by atoms with Crippen LogP contribution in [-0.4, -0.2) is 22.8 Å². The van der Waals surface area contributed by atoms with E-state index in [9.17, 15) is 9.90 Å². The Labute approximate surface area is 109 Å². The van der Waals surface area contributed by atoms with Crippen LogP contribution in [-0.2, 0) is 4.79 Å². The minimum absolute atomic E-state index is 0.429. The van der Waals surface area contributed by atoms with Gasteiger partial charge in [0.2, 0.25) is 0 Å². The van der Waals surface area contributed by atoms with E-state index in [0.717, 1.165) is 0 Å². The molecule has 6 heteroatoms. The molecule has 1 aromatic carbocycles. The first kappa shape index (κ1) is 14.0. The number of benzene rings is 1. The number of hydrazone groups is 1. The second-order valence-electron chi connectivity index (χ2n) is 3.92. The quantitative estimate of drug-likeness (QED) is 0.656. The third-order valence-corrected chi connectivity index (χ3v) is 2.45. The van der Waals surface area contributed by atoms with E-state index in [2.05, 4.69) is 10.5 Å². The van der Waals surface area contributed by atoms with Crippen LogP contribution in [0.2, 0.25) is 10.0 Å². The Morgan fingerprint density at radius 1 is 1.47 bits per heavy atom. The van der Waals surface area contributed by atoms with Gasteiger partial charge in [-0.2, -0.15) is 5.10 Å². The zero-order valence-corrected chi connectivity index (χ0v) is 10.9. The number of carbonyl (C=O) groups is 1. The minimum atomic E-state index is -1.47. The molecule has 0 aliphatic carbocycles. The molecular weight excluding hydrogens is 263 g/mol. The van der Waals surface area contributed by atoms with Gasteiger partial charge in [-0.25, -0.2) is 5.43 Å². The average molecular weight is 275 g/mol. The molecule has 92 valence electrons. The number of nitrogens with zero attached hydrogens (tertiary/aromatic N) is 1. The van der Waals surface area contributed by atoms with Gasteiger partial charge in [0, 0.05) is 10.6 Å². The van der Waals surface area contributed by atoms with Crippen molar-refractivity contribution in [2.24, 2.45) is 5.10 Å². The summed E-state index contributed by atoms with van der Waals surface area (Å²) in [6.45, 7) is 2.74. The fourth-order valence-electron chi connectivity index (χ4n) is 0.903. The number of carbonyl (C=O) groups excluding carboxylic acids is 1. The molecule has 4 nitrogen and oxygen atoms in total. The largest absolute Gasteiger partial charge is 0.381 e. The molecule has 17 heavy (non-hydrogen) atoms. The highest BCUT2D eigenvalue weighted by molar-refractivity contribution is 6.36. The Morgan fingerprint density at radius 3 is 2.65 bits per heavy atom. The van der Waals surface area contributed by atoms with E-state index in [-0.39, 0.29) is 0 Å². The van der Waals surface area contributed by atoms with E-state index in [1.54, 1.807) is 18.2 Å². The molecule has 0 radical (unpaired) electrons. The van der Waals surface area contributed by atoms with Crippen molar-refractivity contribution < 1.29 is 9.90 Å². The van der Waals surface area contributed by atoms with Crippen molar-refractivity contribution in [3.8, 4) is 0 Å². The van der Waals surface area contributed by atoms with Gasteiger partial charge in [-0.1, -0.05) is 29.3 Å². The van der Waals surface area contributed by atoms with Gasteiger partial charge in [0.1, 0.15) is 5.60 Å². The topological polar surface area (TPSA) is 61.7 Å². The van der Waals surface area contributed by atoms with Crippen LogP contribution < -0.4 is 5.43 Å². The molecule has 0 bridgehead atoms. The van der Waals surface area contributed by atoms with Gasteiger partial charge >= 0.3 is 0 Å². The second-order valence-corrected chi connectivity index (χ2v) is 4.77. The maximum absolute atomic E-state index is 11.3. The monoisotopic (exact) mass is 274 g/mol. The van der Waals surface area contributed by atoms with Gasteiger partial charge in [0.05, 0.1) is 11.2 Å².